The van der Waals surface area contributed by atoms with E-state index in [4.69, 9.17) is 11.6 Å². The Morgan fingerprint density at radius 1 is 1.16 bits per heavy atom. The molecule has 1 aromatic carbocycles. The second-order valence-electron chi connectivity index (χ2n) is 4.86. The molecule has 0 spiro atoms. The number of nitrogens with one attached hydrogen (secondary N) is 1. The summed E-state index contributed by atoms with van der Waals surface area (Å²) in [6.07, 6.45) is 3.66. The zero-order valence-corrected chi connectivity index (χ0v) is 12.3. The molecule has 0 saturated heterocycles. The molecule has 1 N–H and O–H groups in total. The van der Waals surface area contributed by atoms with Crippen LogP contribution in [-0.4, -0.2) is 12.0 Å². The molecule has 0 amide bonds. The molecule has 0 radical (unpaired) electrons. The third-order valence-electron chi connectivity index (χ3n) is 3.53. The van der Waals surface area contributed by atoms with Crippen LogP contribution in [0, 0.1) is 6.92 Å². The first-order valence-corrected chi connectivity index (χ1v) is 6.84. The summed E-state index contributed by atoms with van der Waals surface area (Å²) < 4.78 is 0. The minimum atomic E-state index is 0.190. The molecule has 2 aromatic rings. The van der Waals surface area contributed by atoms with Crippen molar-refractivity contribution < 1.29 is 0 Å². The van der Waals surface area contributed by atoms with Crippen LogP contribution in [0.15, 0.2) is 42.7 Å². The Morgan fingerprint density at radius 2 is 1.84 bits per heavy atom. The summed E-state index contributed by atoms with van der Waals surface area (Å²) >= 11 is 6.38. The van der Waals surface area contributed by atoms with Gasteiger partial charge < -0.3 is 5.32 Å². The van der Waals surface area contributed by atoms with E-state index in [0.717, 1.165) is 10.6 Å². The van der Waals surface area contributed by atoms with Crippen molar-refractivity contribution in [3.8, 4) is 0 Å². The number of aryl methyl sites for hydroxylation is 1. The molecule has 2 unspecified atom stereocenters. The Bertz CT molecular complexity index is 540. The molecule has 2 atom stereocenters. The maximum atomic E-state index is 6.38. The van der Waals surface area contributed by atoms with Crippen LogP contribution in [0.25, 0.3) is 0 Å². The molecule has 0 aliphatic carbocycles. The fourth-order valence-electron chi connectivity index (χ4n) is 2.42. The number of halogens is 1. The van der Waals surface area contributed by atoms with Crippen molar-refractivity contribution in [1.82, 2.24) is 10.3 Å². The van der Waals surface area contributed by atoms with Crippen LogP contribution in [0.4, 0.5) is 0 Å². The number of benzene rings is 1. The number of nitrogens with zero attached hydrogens (tertiary/aromatic N) is 1. The Morgan fingerprint density at radius 3 is 2.42 bits per heavy atom. The predicted octanol–water partition coefficient (Wildman–Crippen LogP) is 4.11. The monoisotopic (exact) mass is 274 g/mol. The topological polar surface area (TPSA) is 24.9 Å². The lowest BCUT2D eigenvalue weighted by atomic mass is 9.89. The van der Waals surface area contributed by atoms with Crippen molar-refractivity contribution >= 4 is 11.6 Å². The first-order chi connectivity index (χ1) is 9.13. The van der Waals surface area contributed by atoms with Gasteiger partial charge in [0.1, 0.15) is 0 Å². The minimum Gasteiger partial charge on any atom is -0.312 e. The average molecular weight is 275 g/mol. The van der Waals surface area contributed by atoms with Gasteiger partial charge in [0.05, 0.1) is 0 Å². The molecular weight excluding hydrogens is 256 g/mol. The fourth-order valence-corrected chi connectivity index (χ4v) is 2.77. The summed E-state index contributed by atoms with van der Waals surface area (Å²) in [5, 5.41) is 4.19. The maximum absolute atomic E-state index is 6.38. The molecule has 19 heavy (non-hydrogen) atoms. The van der Waals surface area contributed by atoms with Crippen molar-refractivity contribution in [2.24, 2.45) is 0 Å². The molecule has 3 heteroatoms. The van der Waals surface area contributed by atoms with Gasteiger partial charge >= 0.3 is 0 Å². The molecule has 0 saturated carbocycles. The fraction of sp³-hybridized carbons (Fsp3) is 0.312. The van der Waals surface area contributed by atoms with Crippen molar-refractivity contribution in [2.75, 3.05) is 7.05 Å². The lowest BCUT2D eigenvalue weighted by molar-refractivity contribution is 0.507. The van der Waals surface area contributed by atoms with E-state index in [1.54, 1.807) is 0 Å². The Hall–Kier alpha value is -1.38. The molecule has 100 valence electrons. The molecule has 2 rings (SSSR count). The zero-order chi connectivity index (χ0) is 13.8. The van der Waals surface area contributed by atoms with Crippen LogP contribution in [0.1, 0.15) is 35.6 Å². The number of hydrogen-bond acceptors (Lipinski definition) is 2. The lowest BCUT2D eigenvalue weighted by Crippen LogP contribution is -2.22. The van der Waals surface area contributed by atoms with Crippen LogP contribution >= 0.6 is 11.6 Å². The first kappa shape index (κ1) is 14.0. The largest absolute Gasteiger partial charge is 0.312 e. The first-order valence-electron chi connectivity index (χ1n) is 6.46. The van der Waals surface area contributed by atoms with E-state index in [1.807, 2.05) is 25.5 Å². The van der Waals surface area contributed by atoms with Gasteiger partial charge in [-0.15, -0.1) is 0 Å². The van der Waals surface area contributed by atoms with Gasteiger partial charge in [-0.2, -0.15) is 0 Å². The second-order valence-corrected chi connectivity index (χ2v) is 5.27. The molecule has 0 aliphatic rings. The van der Waals surface area contributed by atoms with Gasteiger partial charge in [0, 0.05) is 29.4 Å². The van der Waals surface area contributed by atoms with Gasteiger partial charge in [0.25, 0.3) is 0 Å². The van der Waals surface area contributed by atoms with Crippen LogP contribution in [0.5, 0.6) is 0 Å². The van der Waals surface area contributed by atoms with Gasteiger partial charge in [0.2, 0.25) is 0 Å². The van der Waals surface area contributed by atoms with Crippen LogP contribution in [0.2, 0.25) is 5.02 Å². The highest BCUT2D eigenvalue weighted by Gasteiger charge is 2.21. The van der Waals surface area contributed by atoms with E-state index >= 15 is 0 Å². The molecule has 2 nitrogen and oxygen atoms in total. The van der Waals surface area contributed by atoms with Crippen molar-refractivity contribution in [1.29, 1.82) is 0 Å². The van der Waals surface area contributed by atoms with Crippen molar-refractivity contribution in [3.63, 3.8) is 0 Å². The van der Waals surface area contributed by atoms with Crippen molar-refractivity contribution in [3.05, 3.63) is 64.4 Å². The summed E-state index contributed by atoms with van der Waals surface area (Å²) in [4.78, 5) is 4.07. The van der Waals surface area contributed by atoms with E-state index in [2.05, 4.69) is 48.4 Å². The number of aromatic nitrogens is 1. The Balaban J connectivity index is 2.34. The third kappa shape index (κ3) is 3.14. The average Bonchev–Trinajstić information content (AvgIpc) is 2.42. The van der Waals surface area contributed by atoms with Gasteiger partial charge in [-0.3, -0.25) is 4.98 Å². The van der Waals surface area contributed by atoms with Gasteiger partial charge in [0.15, 0.2) is 0 Å². The van der Waals surface area contributed by atoms with Gasteiger partial charge in [-0.1, -0.05) is 30.7 Å². The van der Waals surface area contributed by atoms with E-state index in [-0.39, 0.29) is 6.04 Å². The smallest absolute Gasteiger partial charge is 0.0456 e. The Kier molecular flexibility index (Phi) is 4.56. The summed E-state index contributed by atoms with van der Waals surface area (Å²) in [7, 11) is 1.97. The molecular formula is C16H19ClN2. The van der Waals surface area contributed by atoms with E-state index in [9.17, 15) is 0 Å². The SMILES string of the molecule is CNC(c1ccc(C)cc1Cl)C(C)c1ccncc1. The summed E-state index contributed by atoms with van der Waals surface area (Å²) in [6, 6.07) is 10.5. The molecule has 0 aliphatic heterocycles. The molecule has 0 bridgehead atoms. The van der Waals surface area contributed by atoms with Gasteiger partial charge in [-0.25, -0.2) is 0 Å². The zero-order valence-electron chi connectivity index (χ0n) is 11.5. The van der Waals surface area contributed by atoms with Crippen LogP contribution < -0.4 is 5.32 Å². The van der Waals surface area contributed by atoms with Gasteiger partial charge in [-0.05, 0) is 48.9 Å². The number of rotatable bonds is 4. The highest BCUT2D eigenvalue weighted by molar-refractivity contribution is 6.31. The highest BCUT2D eigenvalue weighted by Crippen LogP contribution is 2.34. The van der Waals surface area contributed by atoms with Crippen LogP contribution in [0.3, 0.4) is 0 Å². The predicted molar refractivity (Wildman–Crippen MR) is 80.6 cm³/mol. The quantitative estimate of drug-likeness (QED) is 0.908. The normalized spacial score (nSPS) is 14.1. The summed E-state index contributed by atoms with van der Waals surface area (Å²) in [5.74, 6) is 0.327. The highest BCUT2D eigenvalue weighted by atomic mass is 35.5. The molecule has 1 heterocycles. The standard InChI is InChI=1S/C16H19ClN2/c1-11-4-5-14(15(17)10-11)16(18-3)12(2)13-6-8-19-9-7-13/h4-10,12,16,18H,1-3H3. The lowest BCUT2D eigenvalue weighted by Gasteiger charge is -2.25. The van der Waals surface area contributed by atoms with E-state index in [1.165, 1.54) is 11.1 Å². The number of hydrogen-bond donors (Lipinski definition) is 1. The Labute approximate surface area is 119 Å². The number of likely N-dealkylation sites (N-methyl/N-ethyl adjacent to an activating group) is 1. The van der Waals surface area contributed by atoms with E-state index < -0.39 is 0 Å². The third-order valence-corrected chi connectivity index (χ3v) is 3.86. The van der Waals surface area contributed by atoms with E-state index in [0.29, 0.717) is 5.92 Å². The second kappa shape index (κ2) is 6.18. The summed E-state index contributed by atoms with van der Waals surface area (Å²) in [5.41, 5.74) is 3.57. The van der Waals surface area contributed by atoms with Crippen molar-refractivity contribution in [2.45, 2.75) is 25.8 Å². The number of pyridine rings is 1. The molecule has 1 aromatic heterocycles. The maximum Gasteiger partial charge on any atom is 0.0456 e. The molecule has 0 fully saturated rings. The van der Waals surface area contributed by atoms with Crippen LogP contribution in [-0.2, 0) is 0 Å². The minimum absolute atomic E-state index is 0.190. The summed E-state index contributed by atoms with van der Waals surface area (Å²) in [6.45, 7) is 4.25.